The number of aryl methyl sites for hydroxylation is 1. The van der Waals surface area contributed by atoms with Gasteiger partial charge in [0.25, 0.3) is 0 Å². The van der Waals surface area contributed by atoms with Crippen LogP contribution in [-0.2, 0) is 11.1 Å². The third-order valence-electron chi connectivity index (χ3n) is 2.85. The molecule has 1 aromatic rings. The minimum absolute atomic E-state index is 0.0659. The quantitative estimate of drug-likeness (QED) is 0.658. The van der Waals surface area contributed by atoms with Crippen LogP contribution in [0, 0.1) is 5.92 Å². The summed E-state index contributed by atoms with van der Waals surface area (Å²) in [4.78, 5) is 0. The fourth-order valence-corrected chi connectivity index (χ4v) is 1.51. The van der Waals surface area contributed by atoms with E-state index in [1.54, 1.807) is 13.8 Å². The first-order valence-electron chi connectivity index (χ1n) is 11.5. The standard InChI is InChI=1S/C18H29NO3/c1-14(2)19-11-17(20)13-22-18-7-5-15(6-8-18)9-10-21-12-16-3-4-16/h5-8,14,16-17,19-20H,3-4,9-13H2,1-2H3/i9D2,10D2,11D2,12D2. The first kappa shape index (κ1) is 9.26. The molecule has 2 rings (SSSR count). The summed E-state index contributed by atoms with van der Waals surface area (Å²) in [5.74, 6) is -0.194. The highest BCUT2D eigenvalue weighted by Crippen LogP contribution is 2.28. The normalized spacial score (nSPS) is 24.0. The molecule has 0 amide bonds. The van der Waals surface area contributed by atoms with Crippen molar-refractivity contribution in [3.8, 4) is 5.75 Å². The maximum absolute atomic E-state index is 10.0. The van der Waals surface area contributed by atoms with Crippen LogP contribution >= 0.6 is 0 Å². The number of hydrogen-bond acceptors (Lipinski definition) is 4. The maximum atomic E-state index is 10.0. The lowest BCUT2D eigenvalue weighted by molar-refractivity contribution is 0.104. The van der Waals surface area contributed by atoms with Gasteiger partial charge in [-0.25, -0.2) is 0 Å². The maximum Gasteiger partial charge on any atom is 0.119 e. The molecule has 2 N–H and O–H groups in total. The van der Waals surface area contributed by atoms with Gasteiger partial charge in [0.2, 0.25) is 0 Å². The molecular formula is C18H29NO3. The van der Waals surface area contributed by atoms with Crippen LogP contribution in [0.4, 0.5) is 0 Å². The van der Waals surface area contributed by atoms with Gasteiger partial charge in [-0.05, 0) is 42.8 Å². The van der Waals surface area contributed by atoms with Crippen LogP contribution in [0.5, 0.6) is 5.75 Å². The van der Waals surface area contributed by atoms with Gasteiger partial charge in [-0.15, -0.1) is 0 Å². The monoisotopic (exact) mass is 315 g/mol. The Hall–Kier alpha value is -1.10. The van der Waals surface area contributed by atoms with Crippen molar-refractivity contribution in [2.24, 2.45) is 5.92 Å². The van der Waals surface area contributed by atoms with Crippen LogP contribution in [0.15, 0.2) is 24.3 Å². The van der Waals surface area contributed by atoms with E-state index in [0.29, 0.717) is 12.8 Å². The van der Waals surface area contributed by atoms with E-state index >= 15 is 0 Å². The Morgan fingerprint density at radius 3 is 2.68 bits per heavy atom. The van der Waals surface area contributed by atoms with Gasteiger partial charge in [0.05, 0.1) is 12.0 Å². The van der Waals surface area contributed by atoms with E-state index in [1.807, 2.05) is 0 Å². The van der Waals surface area contributed by atoms with E-state index in [1.165, 1.54) is 24.3 Å². The zero-order chi connectivity index (χ0) is 23.0. The van der Waals surface area contributed by atoms with E-state index in [9.17, 15) is 5.11 Å². The molecule has 0 aliphatic heterocycles. The molecule has 0 aromatic heterocycles. The van der Waals surface area contributed by atoms with Gasteiger partial charge in [-0.3, -0.25) is 0 Å². The Bertz CT molecular complexity index is 708. The molecule has 1 atom stereocenters. The summed E-state index contributed by atoms with van der Waals surface area (Å²) in [6, 6.07) is 5.14. The molecule has 1 unspecified atom stereocenters. The summed E-state index contributed by atoms with van der Waals surface area (Å²) in [6.45, 7) is -4.06. The molecule has 0 radical (unpaired) electrons. The van der Waals surface area contributed by atoms with E-state index in [2.05, 4.69) is 5.32 Å². The lowest BCUT2D eigenvalue weighted by Crippen LogP contribution is -2.35. The van der Waals surface area contributed by atoms with Crippen LogP contribution < -0.4 is 10.1 Å². The number of aliphatic hydroxyl groups excluding tert-OH is 1. The van der Waals surface area contributed by atoms with E-state index in [-0.39, 0.29) is 24.0 Å². The molecule has 1 aromatic carbocycles. The minimum Gasteiger partial charge on any atom is -0.491 e. The van der Waals surface area contributed by atoms with Crippen LogP contribution in [-0.4, -0.2) is 43.5 Å². The Morgan fingerprint density at radius 1 is 1.32 bits per heavy atom. The molecule has 124 valence electrons. The van der Waals surface area contributed by atoms with E-state index < -0.39 is 38.0 Å². The molecule has 0 bridgehead atoms. The molecule has 4 heteroatoms. The van der Waals surface area contributed by atoms with Crippen molar-refractivity contribution in [3.05, 3.63) is 29.8 Å². The van der Waals surface area contributed by atoms with Crippen molar-refractivity contribution in [1.29, 1.82) is 0 Å². The number of aliphatic hydroxyl groups is 1. The highest BCUT2D eigenvalue weighted by atomic mass is 16.5. The molecular weight excluding hydrogens is 278 g/mol. The van der Waals surface area contributed by atoms with Crippen molar-refractivity contribution in [3.63, 3.8) is 0 Å². The second-order valence-corrected chi connectivity index (χ2v) is 5.52. The average molecular weight is 315 g/mol. The van der Waals surface area contributed by atoms with E-state index in [4.69, 9.17) is 20.4 Å². The van der Waals surface area contributed by atoms with Crippen molar-refractivity contribution >= 4 is 0 Å². The first-order chi connectivity index (χ1) is 13.6. The molecule has 22 heavy (non-hydrogen) atoms. The highest BCUT2D eigenvalue weighted by molar-refractivity contribution is 5.27. The van der Waals surface area contributed by atoms with Gasteiger partial charge in [-0.2, -0.15) is 0 Å². The zero-order valence-corrected chi connectivity index (χ0v) is 12.9. The van der Waals surface area contributed by atoms with Gasteiger partial charge in [0.15, 0.2) is 0 Å². The molecule has 0 spiro atoms. The molecule has 0 heterocycles. The molecule has 1 aliphatic carbocycles. The smallest absolute Gasteiger partial charge is 0.119 e. The molecule has 1 saturated carbocycles. The summed E-state index contributed by atoms with van der Waals surface area (Å²) >= 11 is 0. The second kappa shape index (κ2) is 9.13. The van der Waals surface area contributed by atoms with Crippen molar-refractivity contribution in [1.82, 2.24) is 5.32 Å². The topological polar surface area (TPSA) is 50.7 Å². The van der Waals surface area contributed by atoms with Crippen LogP contribution in [0.3, 0.4) is 0 Å². The fraction of sp³-hybridized carbons (Fsp3) is 0.667. The molecule has 1 aliphatic rings. The Balaban J connectivity index is 2.03. The van der Waals surface area contributed by atoms with Gasteiger partial charge < -0.3 is 19.9 Å². The average Bonchev–Trinajstić information content (AvgIpc) is 3.43. The number of benzene rings is 1. The zero-order valence-electron chi connectivity index (χ0n) is 20.9. The number of nitrogens with one attached hydrogen (secondary N) is 1. The first-order valence-corrected chi connectivity index (χ1v) is 7.48. The predicted octanol–water partition coefficient (Wildman–Crippen LogP) is 2.39. The third kappa shape index (κ3) is 7.25. The van der Waals surface area contributed by atoms with Crippen molar-refractivity contribution < 1.29 is 25.5 Å². The summed E-state index contributed by atoms with van der Waals surface area (Å²) < 4.78 is 73.8. The van der Waals surface area contributed by atoms with Crippen molar-refractivity contribution in [2.45, 2.75) is 45.2 Å². The number of hydrogen-bond donors (Lipinski definition) is 2. The third-order valence-corrected chi connectivity index (χ3v) is 2.85. The van der Waals surface area contributed by atoms with Crippen molar-refractivity contribution in [2.75, 3.05) is 26.2 Å². The molecule has 0 saturated heterocycles. The number of ether oxygens (including phenoxy) is 2. The lowest BCUT2D eigenvalue weighted by Gasteiger charge is -2.15. The highest BCUT2D eigenvalue weighted by Gasteiger charge is 2.20. The SMILES string of the molecule is [2H]C([2H])(NC(C)C)C(O)COc1ccc(C([2H])([2H])C([2H])([2H])OC([2H])([2H])C2CC2)cc1. The van der Waals surface area contributed by atoms with Gasteiger partial charge in [-0.1, -0.05) is 26.0 Å². The van der Waals surface area contributed by atoms with Gasteiger partial charge in [0, 0.05) is 24.6 Å². The van der Waals surface area contributed by atoms with E-state index in [0.717, 1.165) is 0 Å². The molecule has 1 fully saturated rings. The summed E-state index contributed by atoms with van der Waals surface area (Å²) in [5.41, 5.74) is -0.0659. The van der Waals surface area contributed by atoms with Crippen LogP contribution in [0.2, 0.25) is 0 Å². The largest absolute Gasteiger partial charge is 0.491 e. The summed E-state index contributed by atoms with van der Waals surface area (Å²) in [7, 11) is 0. The lowest BCUT2D eigenvalue weighted by atomic mass is 10.1. The summed E-state index contributed by atoms with van der Waals surface area (Å²) in [5, 5.41) is 12.6. The Morgan fingerprint density at radius 2 is 2.05 bits per heavy atom. The van der Waals surface area contributed by atoms with Crippen LogP contribution in [0.1, 0.15) is 43.2 Å². The minimum atomic E-state index is -2.91. The predicted molar refractivity (Wildman–Crippen MR) is 88.3 cm³/mol. The fourth-order valence-electron chi connectivity index (χ4n) is 1.51. The summed E-state index contributed by atoms with van der Waals surface area (Å²) in [6.07, 6.45) is -2.92. The van der Waals surface area contributed by atoms with Gasteiger partial charge >= 0.3 is 0 Å². The Labute approximate surface area is 145 Å². The Kier molecular flexibility index (Phi) is 3.84. The van der Waals surface area contributed by atoms with Crippen LogP contribution in [0.25, 0.3) is 0 Å². The van der Waals surface area contributed by atoms with Gasteiger partial charge in [0.1, 0.15) is 18.5 Å². The second-order valence-electron chi connectivity index (χ2n) is 5.52. The molecule has 4 nitrogen and oxygen atoms in total. The number of rotatable bonds is 11.